The lowest BCUT2D eigenvalue weighted by Gasteiger charge is -2.06. The lowest BCUT2D eigenvalue weighted by molar-refractivity contribution is -0.119. The molecule has 0 fully saturated rings. The van der Waals surface area contributed by atoms with Gasteiger partial charge in [-0.25, -0.2) is 9.59 Å². The molecule has 0 radical (unpaired) electrons. The quantitative estimate of drug-likeness (QED) is 0.601. The zero-order valence-electron chi connectivity index (χ0n) is 15.4. The Bertz CT molecular complexity index is 986. The largest absolute Gasteiger partial charge is 0.462 e. The molecule has 2 aromatic heterocycles. The molecule has 146 valence electrons. The molecule has 1 amide bonds. The Kier molecular flexibility index (Phi) is 6.10. The summed E-state index contributed by atoms with van der Waals surface area (Å²) in [6.07, 6.45) is 0.716. The number of anilines is 1. The molecule has 8 heteroatoms. The summed E-state index contributed by atoms with van der Waals surface area (Å²) in [5.41, 5.74) is 0.851. The number of fused-ring (bicyclic) bond motifs is 1. The number of carbonyl (C=O) groups excluding carboxylic acids is 3. The number of rotatable bonds is 7. The highest BCUT2D eigenvalue weighted by atomic mass is 32.1. The molecule has 7 nitrogen and oxygen atoms in total. The van der Waals surface area contributed by atoms with Gasteiger partial charge < -0.3 is 19.2 Å². The van der Waals surface area contributed by atoms with E-state index < -0.39 is 24.5 Å². The number of thiophene rings is 1. The van der Waals surface area contributed by atoms with E-state index >= 15 is 0 Å². The second-order valence-electron chi connectivity index (χ2n) is 5.80. The van der Waals surface area contributed by atoms with Crippen LogP contribution in [0.1, 0.15) is 39.6 Å². The average molecular weight is 401 g/mol. The van der Waals surface area contributed by atoms with E-state index in [4.69, 9.17) is 13.9 Å². The number of nitrogens with one attached hydrogen (secondary N) is 1. The lowest BCUT2D eigenvalue weighted by Crippen LogP contribution is -2.21. The summed E-state index contributed by atoms with van der Waals surface area (Å²) in [5, 5.41) is 3.75. The first-order valence-corrected chi connectivity index (χ1v) is 9.58. The number of ether oxygens (including phenoxy) is 2. The van der Waals surface area contributed by atoms with Gasteiger partial charge in [0.1, 0.15) is 10.6 Å². The Morgan fingerprint density at radius 2 is 1.86 bits per heavy atom. The van der Waals surface area contributed by atoms with E-state index in [2.05, 4.69) is 5.32 Å². The van der Waals surface area contributed by atoms with Crippen LogP contribution >= 0.6 is 11.3 Å². The average Bonchev–Trinajstić information content (AvgIpc) is 3.30. The number of furan rings is 1. The van der Waals surface area contributed by atoms with Crippen molar-refractivity contribution < 1.29 is 28.3 Å². The van der Waals surface area contributed by atoms with Gasteiger partial charge in [0, 0.05) is 10.3 Å². The minimum atomic E-state index is -0.739. The second-order valence-corrected chi connectivity index (χ2v) is 6.94. The van der Waals surface area contributed by atoms with E-state index in [9.17, 15) is 14.4 Å². The van der Waals surface area contributed by atoms with Crippen molar-refractivity contribution in [1.29, 1.82) is 0 Å². The summed E-state index contributed by atoms with van der Waals surface area (Å²) < 4.78 is 15.4. The van der Waals surface area contributed by atoms with Crippen LogP contribution in [0.15, 0.2) is 40.8 Å². The predicted molar refractivity (Wildman–Crippen MR) is 105 cm³/mol. The zero-order chi connectivity index (χ0) is 20.1. The molecule has 1 aromatic carbocycles. The monoisotopic (exact) mass is 401 g/mol. The highest BCUT2D eigenvalue weighted by Gasteiger charge is 2.20. The molecule has 0 spiro atoms. The Balaban J connectivity index is 1.63. The molecule has 0 aliphatic heterocycles. The summed E-state index contributed by atoms with van der Waals surface area (Å²) in [5.74, 6) is -1.78. The first-order chi connectivity index (χ1) is 13.5. The highest BCUT2D eigenvalue weighted by molar-refractivity contribution is 7.16. The van der Waals surface area contributed by atoms with E-state index in [0.29, 0.717) is 22.6 Å². The number of carbonyl (C=O) groups is 3. The number of aryl methyl sites for hydroxylation is 1. The lowest BCUT2D eigenvalue weighted by atomic mass is 10.2. The van der Waals surface area contributed by atoms with Gasteiger partial charge in [-0.1, -0.05) is 25.1 Å². The van der Waals surface area contributed by atoms with Crippen LogP contribution in [0.25, 0.3) is 11.0 Å². The molecule has 0 bridgehead atoms. The minimum absolute atomic E-state index is 0.0191. The van der Waals surface area contributed by atoms with Crippen molar-refractivity contribution in [1.82, 2.24) is 0 Å². The number of esters is 2. The number of amides is 1. The van der Waals surface area contributed by atoms with Crippen molar-refractivity contribution in [2.75, 3.05) is 18.5 Å². The first-order valence-electron chi connectivity index (χ1n) is 8.77. The van der Waals surface area contributed by atoms with E-state index in [0.717, 1.165) is 10.3 Å². The maximum Gasteiger partial charge on any atom is 0.374 e. The third-order valence-electron chi connectivity index (χ3n) is 3.84. The number of hydrogen-bond acceptors (Lipinski definition) is 7. The molecule has 0 unspecified atom stereocenters. The highest BCUT2D eigenvalue weighted by Crippen LogP contribution is 2.29. The summed E-state index contributed by atoms with van der Waals surface area (Å²) in [6, 6.07) is 10.4. The van der Waals surface area contributed by atoms with Gasteiger partial charge in [0.25, 0.3) is 5.91 Å². The van der Waals surface area contributed by atoms with Gasteiger partial charge in [0.2, 0.25) is 5.76 Å². The Labute approximate surface area is 165 Å². The van der Waals surface area contributed by atoms with Crippen LogP contribution < -0.4 is 5.32 Å². The van der Waals surface area contributed by atoms with Crippen molar-refractivity contribution in [2.24, 2.45) is 0 Å². The molecule has 3 aromatic rings. The van der Waals surface area contributed by atoms with Crippen LogP contribution in [0.4, 0.5) is 5.00 Å². The summed E-state index contributed by atoms with van der Waals surface area (Å²) in [7, 11) is 0. The van der Waals surface area contributed by atoms with Crippen LogP contribution in [-0.2, 0) is 20.7 Å². The summed E-state index contributed by atoms with van der Waals surface area (Å²) >= 11 is 1.28. The maximum absolute atomic E-state index is 12.2. The second kappa shape index (κ2) is 8.71. The number of para-hydroxylation sites is 1. The molecule has 0 saturated heterocycles. The Hall–Kier alpha value is -3.13. The van der Waals surface area contributed by atoms with Gasteiger partial charge >= 0.3 is 11.9 Å². The molecule has 0 atom stereocenters. The third kappa shape index (κ3) is 4.40. The Morgan fingerprint density at radius 3 is 2.57 bits per heavy atom. The van der Waals surface area contributed by atoms with Gasteiger partial charge in [-0.15, -0.1) is 11.3 Å². The van der Waals surface area contributed by atoms with Gasteiger partial charge in [-0.2, -0.15) is 0 Å². The minimum Gasteiger partial charge on any atom is -0.462 e. The van der Waals surface area contributed by atoms with Crippen LogP contribution in [0.3, 0.4) is 0 Å². The molecule has 2 heterocycles. The van der Waals surface area contributed by atoms with Crippen LogP contribution in [-0.4, -0.2) is 31.1 Å². The van der Waals surface area contributed by atoms with Gasteiger partial charge in [-0.3, -0.25) is 4.79 Å². The molecule has 28 heavy (non-hydrogen) atoms. The first kappa shape index (κ1) is 19.6. The normalized spacial score (nSPS) is 10.6. The van der Waals surface area contributed by atoms with E-state index in [1.807, 2.05) is 13.0 Å². The van der Waals surface area contributed by atoms with Gasteiger partial charge in [0.05, 0.1) is 12.2 Å². The zero-order valence-corrected chi connectivity index (χ0v) is 16.3. The fourth-order valence-electron chi connectivity index (χ4n) is 2.52. The van der Waals surface area contributed by atoms with Gasteiger partial charge in [-0.05, 0) is 31.5 Å². The smallest absolute Gasteiger partial charge is 0.374 e. The van der Waals surface area contributed by atoms with Crippen LogP contribution in [0.5, 0.6) is 0 Å². The summed E-state index contributed by atoms with van der Waals surface area (Å²) in [4.78, 5) is 37.3. The van der Waals surface area contributed by atoms with E-state index in [1.54, 1.807) is 37.3 Å². The molecular weight excluding hydrogens is 382 g/mol. The fourth-order valence-corrected chi connectivity index (χ4v) is 3.52. The SMILES string of the molecule is CCOC(=O)c1cc(CC)sc1NC(=O)COC(=O)c1cc2ccccc2o1. The third-order valence-corrected chi connectivity index (χ3v) is 5.04. The van der Waals surface area contributed by atoms with Crippen molar-refractivity contribution in [3.05, 3.63) is 52.6 Å². The molecule has 3 rings (SSSR count). The fraction of sp³-hybridized carbons (Fsp3) is 0.250. The Morgan fingerprint density at radius 1 is 1.07 bits per heavy atom. The maximum atomic E-state index is 12.2. The van der Waals surface area contributed by atoms with Gasteiger partial charge in [0.15, 0.2) is 6.61 Å². The number of benzene rings is 1. The molecule has 0 saturated carbocycles. The van der Waals surface area contributed by atoms with E-state index in [1.165, 1.54) is 11.3 Å². The van der Waals surface area contributed by atoms with Crippen molar-refractivity contribution in [3.8, 4) is 0 Å². The van der Waals surface area contributed by atoms with Crippen LogP contribution in [0.2, 0.25) is 0 Å². The van der Waals surface area contributed by atoms with Crippen molar-refractivity contribution >= 4 is 45.2 Å². The van der Waals surface area contributed by atoms with Crippen molar-refractivity contribution in [3.63, 3.8) is 0 Å². The molecule has 0 aliphatic carbocycles. The summed E-state index contributed by atoms with van der Waals surface area (Å²) in [6.45, 7) is 3.39. The molecule has 1 N–H and O–H groups in total. The van der Waals surface area contributed by atoms with E-state index in [-0.39, 0.29) is 12.4 Å². The predicted octanol–water partition coefficient (Wildman–Crippen LogP) is 4.03. The molecule has 0 aliphatic rings. The van der Waals surface area contributed by atoms with Crippen molar-refractivity contribution in [2.45, 2.75) is 20.3 Å². The standard InChI is InChI=1S/C20H19NO6S/c1-3-13-10-14(19(23)25-4-2)18(28-13)21-17(22)11-26-20(24)16-9-12-7-5-6-8-15(12)27-16/h5-10H,3-4,11H2,1-2H3,(H,21,22). The molecular formula is C20H19NO6S. The topological polar surface area (TPSA) is 94.8 Å². The number of hydrogen-bond donors (Lipinski definition) is 1. The van der Waals surface area contributed by atoms with Crippen LogP contribution in [0, 0.1) is 0 Å².